The number of hydrogen-bond acceptors (Lipinski definition) is 2. The van der Waals surface area contributed by atoms with Crippen LogP contribution in [-0.2, 0) is 0 Å². The summed E-state index contributed by atoms with van der Waals surface area (Å²) in [4.78, 5) is 27.0. The number of aryl methyl sites for hydroxylation is 1. The lowest BCUT2D eigenvalue weighted by molar-refractivity contribution is 0.0985. The van der Waals surface area contributed by atoms with Gasteiger partial charge >= 0.3 is 0 Å². The van der Waals surface area contributed by atoms with Crippen molar-refractivity contribution in [3.63, 3.8) is 0 Å². The first-order valence-electron chi connectivity index (χ1n) is 8.93. The Morgan fingerprint density at radius 2 is 1.52 bits per heavy atom. The number of carbonyl (C=O) groups is 2. The second-order valence-corrected chi connectivity index (χ2v) is 6.29. The van der Waals surface area contributed by atoms with E-state index in [0.29, 0.717) is 17.7 Å². The number of anilines is 2. The van der Waals surface area contributed by atoms with Gasteiger partial charge in [-0.25, -0.2) is 0 Å². The third-order valence-electron chi connectivity index (χ3n) is 4.30. The summed E-state index contributed by atoms with van der Waals surface area (Å²) in [7, 11) is 0. The average Bonchev–Trinajstić information content (AvgIpc) is 2.69. The van der Waals surface area contributed by atoms with Gasteiger partial charge in [0.15, 0.2) is 0 Å². The highest BCUT2D eigenvalue weighted by Gasteiger charge is 2.17. The van der Waals surface area contributed by atoms with Crippen LogP contribution in [0.5, 0.6) is 0 Å². The standard InChI is InChI=1S/C23H22N2O2/c1-3-25(21-11-7-8-17(2)16-21)23(27)19-14-12-18(13-15-19)22(26)24-20-9-5-4-6-10-20/h4-16H,3H2,1-2H3,(H,24,26). The molecule has 0 spiro atoms. The van der Waals surface area contributed by atoms with Gasteiger partial charge < -0.3 is 10.2 Å². The quantitative estimate of drug-likeness (QED) is 0.704. The summed E-state index contributed by atoms with van der Waals surface area (Å²) in [5, 5.41) is 2.84. The molecule has 3 aromatic carbocycles. The van der Waals surface area contributed by atoms with Gasteiger partial charge in [0.1, 0.15) is 0 Å². The molecule has 0 bridgehead atoms. The maximum atomic E-state index is 12.9. The molecule has 0 aromatic heterocycles. The van der Waals surface area contributed by atoms with Crippen molar-refractivity contribution in [1.29, 1.82) is 0 Å². The monoisotopic (exact) mass is 358 g/mol. The van der Waals surface area contributed by atoms with Gasteiger partial charge in [-0.05, 0) is 67.9 Å². The molecule has 3 rings (SSSR count). The molecule has 27 heavy (non-hydrogen) atoms. The van der Waals surface area contributed by atoms with E-state index in [9.17, 15) is 9.59 Å². The topological polar surface area (TPSA) is 49.4 Å². The van der Waals surface area contributed by atoms with Crippen LogP contribution in [0.1, 0.15) is 33.2 Å². The fourth-order valence-electron chi connectivity index (χ4n) is 2.88. The molecule has 4 nitrogen and oxygen atoms in total. The molecule has 0 atom stereocenters. The number of nitrogens with zero attached hydrogens (tertiary/aromatic N) is 1. The fraction of sp³-hybridized carbons (Fsp3) is 0.130. The second-order valence-electron chi connectivity index (χ2n) is 6.29. The number of benzene rings is 3. The van der Waals surface area contributed by atoms with Crippen LogP contribution in [0.2, 0.25) is 0 Å². The van der Waals surface area contributed by atoms with E-state index >= 15 is 0 Å². The Hall–Kier alpha value is -3.40. The van der Waals surface area contributed by atoms with Crippen molar-refractivity contribution < 1.29 is 9.59 Å². The maximum absolute atomic E-state index is 12.9. The summed E-state index contributed by atoms with van der Waals surface area (Å²) >= 11 is 0. The Labute approximate surface area is 159 Å². The van der Waals surface area contributed by atoms with Crippen molar-refractivity contribution in [2.45, 2.75) is 13.8 Å². The molecular formula is C23H22N2O2. The minimum absolute atomic E-state index is 0.0851. The van der Waals surface area contributed by atoms with Crippen LogP contribution in [0.15, 0.2) is 78.9 Å². The largest absolute Gasteiger partial charge is 0.322 e. The van der Waals surface area contributed by atoms with E-state index in [1.807, 2.05) is 68.4 Å². The van der Waals surface area contributed by atoms with Crippen molar-refractivity contribution in [1.82, 2.24) is 0 Å². The third-order valence-corrected chi connectivity index (χ3v) is 4.30. The molecule has 0 aliphatic carbocycles. The van der Waals surface area contributed by atoms with Gasteiger partial charge in [0.25, 0.3) is 11.8 Å². The Kier molecular flexibility index (Phi) is 5.67. The van der Waals surface area contributed by atoms with Gasteiger partial charge in [-0.2, -0.15) is 0 Å². The Morgan fingerprint density at radius 1 is 0.852 bits per heavy atom. The van der Waals surface area contributed by atoms with E-state index in [1.165, 1.54) is 0 Å². The summed E-state index contributed by atoms with van der Waals surface area (Å²) in [5.41, 5.74) is 3.77. The smallest absolute Gasteiger partial charge is 0.258 e. The van der Waals surface area contributed by atoms with Crippen LogP contribution in [-0.4, -0.2) is 18.4 Å². The van der Waals surface area contributed by atoms with Gasteiger partial charge in [0.05, 0.1) is 0 Å². The predicted octanol–water partition coefficient (Wildman–Crippen LogP) is 4.91. The third kappa shape index (κ3) is 4.42. The van der Waals surface area contributed by atoms with Crippen molar-refractivity contribution in [3.8, 4) is 0 Å². The zero-order valence-electron chi connectivity index (χ0n) is 15.5. The Balaban J connectivity index is 1.75. The van der Waals surface area contributed by atoms with E-state index in [1.54, 1.807) is 29.2 Å². The summed E-state index contributed by atoms with van der Waals surface area (Å²) in [5.74, 6) is -0.288. The lowest BCUT2D eigenvalue weighted by atomic mass is 10.1. The zero-order valence-corrected chi connectivity index (χ0v) is 15.5. The SMILES string of the molecule is CCN(C(=O)c1ccc(C(=O)Nc2ccccc2)cc1)c1cccc(C)c1. The van der Waals surface area contributed by atoms with E-state index < -0.39 is 0 Å². The normalized spacial score (nSPS) is 10.3. The molecule has 0 heterocycles. The lowest BCUT2D eigenvalue weighted by Gasteiger charge is -2.21. The molecule has 2 amide bonds. The molecule has 0 radical (unpaired) electrons. The lowest BCUT2D eigenvalue weighted by Crippen LogP contribution is -2.30. The van der Waals surface area contributed by atoms with Gasteiger partial charge in [-0.1, -0.05) is 30.3 Å². The number of rotatable bonds is 5. The second kappa shape index (κ2) is 8.32. The van der Waals surface area contributed by atoms with Crippen molar-refractivity contribution in [2.75, 3.05) is 16.8 Å². The van der Waals surface area contributed by atoms with Gasteiger partial charge in [-0.3, -0.25) is 9.59 Å². The van der Waals surface area contributed by atoms with Crippen molar-refractivity contribution in [2.24, 2.45) is 0 Å². The first-order chi connectivity index (χ1) is 13.1. The molecule has 0 fully saturated rings. The Morgan fingerprint density at radius 3 is 2.15 bits per heavy atom. The summed E-state index contributed by atoms with van der Waals surface area (Å²) < 4.78 is 0. The van der Waals surface area contributed by atoms with Crippen LogP contribution in [0.4, 0.5) is 11.4 Å². The van der Waals surface area contributed by atoms with E-state index in [0.717, 1.165) is 16.9 Å². The number of nitrogens with one attached hydrogen (secondary N) is 1. The molecule has 3 aromatic rings. The minimum atomic E-state index is -0.203. The van der Waals surface area contributed by atoms with Gasteiger partial charge in [0, 0.05) is 29.0 Å². The molecule has 0 saturated heterocycles. The van der Waals surface area contributed by atoms with E-state index in [-0.39, 0.29) is 11.8 Å². The number of amides is 2. The molecule has 136 valence electrons. The van der Waals surface area contributed by atoms with Gasteiger partial charge in [-0.15, -0.1) is 0 Å². The molecule has 1 N–H and O–H groups in total. The predicted molar refractivity (Wildman–Crippen MR) is 109 cm³/mol. The van der Waals surface area contributed by atoms with E-state index in [2.05, 4.69) is 5.32 Å². The highest BCUT2D eigenvalue weighted by molar-refractivity contribution is 6.08. The summed E-state index contributed by atoms with van der Waals surface area (Å²) in [6.07, 6.45) is 0. The van der Waals surface area contributed by atoms with Crippen LogP contribution in [0.3, 0.4) is 0 Å². The molecule has 4 heteroatoms. The fourth-order valence-corrected chi connectivity index (χ4v) is 2.88. The first kappa shape index (κ1) is 18.4. The van der Waals surface area contributed by atoms with E-state index in [4.69, 9.17) is 0 Å². The van der Waals surface area contributed by atoms with Crippen LogP contribution in [0.25, 0.3) is 0 Å². The van der Waals surface area contributed by atoms with Crippen molar-refractivity contribution >= 4 is 23.2 Å². The summed E-state index contributed by atoms with van der Waals surface area (Å²) in [6.45, 7) is 4.52. The molecule has 0 aliphatic rings. The summed E-state index contributed by atoms with van der Waals surface area (Å²) in [6, 6.07) is 23.9. The van der Waals surface area contributed by atoms with Crippen molar-refractivity contribution in [3.05, 3.63) is 95.6 Å². The zero-order chi connectivity index (χ0) is 19.2. The molecular weight excluding hydrogens is 336 g/mol. The maximum Gasteiger partial charge on any atom is 0.258 e. The highest BCUT2D eigenvalue weighted by atomic mass is 16.2. The number of para-hydroxylation sites is 1. The number of hydrogen-bond donors (Lipinski definition) is 1. The minimum Gasteiger partial charge on any atom is -0.322 e. The van der Waals surface area contributed by atoms with Crippen LogP contribution < -0.4 is 10.2 Å². The van der Waals surface area contributed by atoms with Gasteiger partial charge in [0.2, 0.25) is 0 Å². The highest BCUT2D eigenvalue weighted by Crippen LogP contribution is 2.19. The Bertz CT molecular complexity index is 934. The molecule has 0 unspecified atom stereocenters. The number of carbonyl (C=O) groups excluding carboxylic acids is 2. The van der Waals surface area contributed by atoms with Crippen LogP contribution in [0, 0.1) is 6.92 Å². The van der Waals surface area contributed by atoms with Crippen LogP contribution >= 0.6 is 0 Å². The first-order valence-corrected chi connectivity index (χ1v) is 8.93. The average molecular weight is 358 g/mol. The molecule has 0 saturated carbocycles. The molecule has 0 aliphatic heterocycles.